The highest BCUT2D eigenvalue weighted by Crippen LogP contribution is 2.43. The number of ether oxygens (including phenoxy) is 2. The van der Waals surface area contributed by atoms with Crippen LogP contribution in [0, 0.1) is 0 Å². The molecule has 2 unspecified atom stereocenters. The molecule has 0 fully saturated rings. The van der Waals surface area contributed by atoms with E-state index in [4.69, 9.17) is 24.3 Å². The second-order valence-electron chi connectivity index (χ2n) is 19.8. The largest absolute Gasteiger partial charge is 0.472 e. The highest BCUT2D eigenvalue weighted by atomic mass is 31.2. The molecule has 0 saturated heterocycles. The topological polar surface area (TPSA) is 134 Å². The number of carbonyl (C=O) groups excluding carboxylic acids is 2. The zero-order valence-corrected chi connectivity index (χ0v) is 49.8. The lowest BCUT2D eigenvalue weighted by Crippen LogP contribution is -2.29. The van der Waals surface area contributed by atoms with Gasteiger partial charge in [0.2, 0.25) is 0 Å². The summed E-state index contributed by atoms with van der Waals surface area (Å²) in [7, 11) is -4.40. The van der Waals surface area contributed by atoms with E-state index >= 15 is 0 Å². The maximum Gasteiger partial charge on any atom is 0.472 e. The van der Waals surface area contributed by atoms with Gasteiger partial charge in [0.25, 0.3) is 0 Å². The van der Waals surface area contributed by atoms with Crippen LogP contribution in [0.4, 0.5) is 0 Å². The Hall–Kier alpha value is -3.85. The molecule has 0 heterocycles. The smallest absolute Gasteiger partial charge is 0.462 e. The molecule has 0 aliphatic heterocycles. The van der Waals surface area contributed by atoms with Crippen LogP contribution in [0.1, 0.15) is 245 Å². The highest BCUT2D eigenvalue weighted by Gasteiger charge is 2.26. The summed E-state index contributed by atoms with van der Waals surface area (Å²) in [5.74, 6) is -0.849. The van der Waals surface area contributed by atoms with Crippen LogP contribution in [0.15, 0.2) is 134 Å². The SMILES string of the molecule is CC/C=C\C/C=C\C/C=C\C/C=C\C/C=C\C/C=C\C/C=C\C/C=C\C/C=C\CCCCCCCCCCCCCCCC(=O)OC(COC(=O)CCCCCCC/C=C\C/C=C\CCCCC)COP(=O)(O)OCCN. The Kier molecular flexibility index (Phi) is 58.3. The molecule has 0 aromatic rings. The van der Waals surface area contributed by atoms with Gasteiger partial charge in [0.05, 0.1) is 13.2 Å². The first-order valence-corrected chi connectivity index (χ1v) is 32.2. The van der Waals surface area contributed by atoms with Gasteiger partial charge in [-0.25, -0.2) is 4.57 Å². The van der Waals surface area contributed by atoms with Crippen molar-refractivity contribution in [3.8, 4) is 0 Å². The minimum Gasteiger partial charge on any atom is -0.462 e. The van der Waals surface area contributed by atoms with Gasteiger partial charge in [-0.3, -0.25) is 18.6 Å². The Morgan fingerprint density at radius 2 is 0.714 bits per heavy atom. The molecule has 2 atom stereocenters. The maximum absolute atomic E-state index is 12.7. The van der Waals surface area contributed by atoms with Gasteiger partial charge in [-0.2, -0.15) is 0 Å². The Morgan fingerprint density at radius 3 is 1.06 bits per heavy atom. The molecule has 0 saturated carbocycles. The Labute approximate surface area is 472 Å². The van der Waals surface area contributed by atoms with E-state index in [9.17, 15) is 19.0 Å². The van der Waals surface area contributed by atoms with E-state index < -0.39 is 32.5 Å². The van der Waals surface area contributed by atoms with Crippen molar-refractivity contribution in [2.45, 2.75) is 251 Å². The monoisotopic (exact) mass is 1090 g/mol. The number of rotatable bonds is 56. The number of nitrogens with two attached hydrogens (primary N) is 1. The average Bonchev–Trinajstić information content (AvgIpc) is 3.42. The molecule has 0 amide bonds. The van der Waals surface area contributed by atoms with E-state index in [-0.39, 0.29) is 32.6 Å². The van der Waals surface area contributed by atoms with Gasteiger partial charge in [0.1, 0.15) is 6.61 Å². The molecule has 0 spiro atoms. The summed E-state index contributed by atoms with van der Waals surface area (Å²) < 4.78 is 33.0. The van der Waals surface area contributed by atoms with Crippen molar-refractivity contribution >= 4 is 19.8 Å². The molecular formula is C67H112NO8P. The van der Waals surface area contributed by atoms with E-state index in [1.807, 2.05) is 0 Å². The van der Waals surface area contributed by atoms with E-state index in [1.54, 1.807) is 0 Å². The molecule has 3 N–H and O–H groups in total. The second kappa shape index (κ2) is 61.4. The number of allylic oxidation sites excluding steroid dienone is 22. The fraction of sp³-hybridized carbons (Fsp3) is 0.642. The molecule has 0 aliphatic carbocycles. The molecule has 9 nitrogen and oxygen atoms in total. The van der Waals surface area contributed by atoms with Crippen LogP contribution in [-0.4, -0.2) is 49.3 Å². The number of phosphoric ester groups is 1. The second-order valence-corrected chi connectivity index (χ2v) is 21.3. The van der Waals surface area contributed by atoms with Gasteiger partial charge in [0, 0.05) is 19.4 Å². The lowest BCUT2D eigenvalue weighted by atomic mass is 10.0. The van der Waals surface area contributed by atoms with Gasteiger partial charge in [-0.1, -0.05) is 250 Å². The van der Waals surface area contributed by atoms with Crippen LogP contribution in [-0.2, 0) is 32.7 Å². The van der Waals surface area contributed by atoms with Crippen molar-refractivity contribution in [1.82, 2.24) is 0 Å². The fourth-order valence-electron chi connectivity index (χ4n) is 8.01. The summed E-state index contributed by atoms with van der Waals surface area (Å²) >= 11 is 0. The molecule has 0 aliphatic rings. The van der Waals surface area contributed by atoms with Crippen molar-refractivity contribution in [1.29, 1.82) is 0 Å². The third-order valence-corrected chi connectivity index (χ3v) is 13.5. The molecular weight excluding hydrogens is 978 g/mol. The summed E-state index contributed by atoms with van der Waals surface area (Å²) in [6.07, 6.45) is 86.6. The van der Waals surface area contributed by atoms with Gasteiger partial charge in [-0.15, -0.1) is 0 Å². The molecule has 77 heavy (non-hydrogen) atoms. The van der Waals surface area contributed by atoms with Gasteiger partial charge in [-0.05, 0) is 116 Å². The van der Waals surface area contributed by atoms with Crippen molar-refractivity contribution in [2.24, 2.45) is 5.73 Å². The minimum absolute atomic E-state index is 0.0462. The molecule has 0 bridgehead atoms. The summed E-state index contributed by atoms with van der Waals surface area (Å²) in [6.45, 7) is 3.58. The highest BCUT2D eigenvalue weighted by molar-refractivity contribution is 7.47. The zero-order chi connectivity index (χ0) is 55.9. The number of carbonyl (C=O) groups is 2. The van der Waals surface area contributed by atoms with Crippen LogP contribution >= 0.6 is 7.82 Å². The summed E-state index contributed by atoms with van der Waals surface area (Å²) in [5.41, 5.74) is 5.38. The molecule has 0 rings (SSSR count). The average molecular weight is 1090 g/mol. The van der Waals surface area contributed by atoms with Crippen molar-refractivity contribution < 1.29 is 37.6 Å². The third-order valence-electron chi connectivity index (χ3n) is 12.5. The zero-order valence-electron chi connectivity index (χ0n) is 48.9. The normalized spacial score (nSPS) is 14.0. The van der Waals surface area contributed by atoms with Gasteiger partial charge < -0.3 is 20.1 Å². The maximum atomic E-state index is 12.7. The van der Waals surface area contributed by atoms with E-state index in [1.165, 1.54) is 89.9 Å². The number of phosphoric acid groups is 1. The number of esters is 2. The first kappa shape index (κ1) is 73.2. The van der Waals surface area contributed by atoms with Gasteiger partial charge >= 0.3 is 19.8 Å². The van der Waals surface area contributed by atoms with Crippen LogP contribution in [0.2, 0.25) is 0 Å². The lowest BCUT2D eigenvalue weighted by Gasteiger charge is -2.19. The third kappa shape index (κ3) is 61.2. The molecule has 0 aromatic heterocycles. The number of hydrogen-bond donors (Lipinski definition) is 2. The standard InChI is InChI=1S/C67H112NO8P/c1-3-5-7-9-11-13-15-17-19-20-21-22-23-24-25-26-27-28-29-30-31-32-33-34-35-36-37-38-39-40-41-42-43-44-46-48-50-52-54-56-58-60-67(70)76-65(64-75-77(71,72)74-62-61-68)63-73-66(69)59-57-55-53-51-49-47-45-18-16-14-12-10-8-6-4-2/h5,7,11-14,17-19,21-22,24-25,27-28,30-31,33-34,36-37,45,65H,3-4,6,8-10,15-16,20,23,26,29,32,35,38-44,46-64,68H2,1-2H3,(H,71,72)/b7-5-,13-11-,14-12-,19-17-,22-21-,25-24-,28-27-,31-30-,34-33-,37-36-,45-18-. The molecule has 0 aromatic carbocycles. The van der Waals surface area contributed by atoms with Crippen LogP contribution in [0.25, 0.3) is 0 Å². The summed E-state index contributed by atoms with van der Waals surface area (Å²) in [4.78, 5) is 35.1. The Balaban J connectivity index is 3.92. The summed E-state index contributed by atoms with van der Waals surface area (Å²) in [6, 6.07) is 0. The van der Waals surface area contributed by atoms with Crippen LogP contribution in [0.5, 0.6) is 0 Å². The van der Waals surface area contributed by atoms with E-state index in [0.717, 1.165) is 116 Å². The molecule has 10 heteroatoms. The fourth-order valence-corrected chi connectivity index (χ4v) is 8.78. The van der Waals surface area contributed by atoms with Crippen molar-refractivity contribution in [3.63, 3.8) is 0 Å². The van der Waals surface area contributed by atoms with Crippen molar-refractivity contribution in [3.05, 3.63) is 134 Å². The van der Waals surface area contributed by atoms with Crippen LogP contribution < -0.4 is 5.73 Å². The van der Waals surface area contributed by atoms with E-state index in [2.05, 4.69) is 148 Å². The number of hydrogen-bond acceptors (Lipinski definition) is 8. The van der Waals surface area contributed by atoms with E-state index in [0.29, 0.717) is 12.8 Å². The molecule has 0 radical (unpaired) electrons. The van der Waals surface area contributed by atoms with Crippen molar-refractivity contribution in [2.75, 3.05) is 26.4 Å². The first-order chi connectivity index (χ1) is 37.8. The lowest BCUT2D eigenvalue weighted by molar-refractivity contribution is -0.161. The summed E-state index contributed by atoms with van der Waals surface area (Å²) in [5, 5.41) is 0. The predicted molar refractivity (Wildman–Crippen MR) is 330 cm³/mol. The first-order valence-electron chi connectivity index (χ1n) is 30.7. The Morgan fingerprint density at radius 1 is 0.403 bits per heavy atom. The molecule has 438 valence electrons. The quantitative estimate of drug-likeness (QED) is 0.0264. The van der Waals surface area contributed by atoms with Crippen LogP contribution in [0.3, 0.4) is 0 Å². The van der Waals surface area contributed by atoms with Gasteiger partial charge in [0.15, 0.2) is 6.10 Å². The predicted octanol–water partition coefficient (Wildman–Crippen LogP) is 19.7. The Bertz CT molecular complexity index is 1720. The number of unbranched alkanes of at least 4 members (excludes halogenated alkanes) is 21. The minimum atomic E-state index is -4.40.